The van der Waals surface area contributed by atoms with Gasteiger partial charge in [0.2, 0.25) is 5.95 Å². The van der Waals surface area contributed by atoms with Crippen LogP contribution in [0.4, 0.5) is 17.5 Å². The second-order valence-corrected chi connectivity index (χ2v) is 4.47. The molecule has 0 aliphatic rings. The van der Waals surface area contributed by atoms with E-state index in [0.29, 0.717) is 23.1 Å². The zero-order chi connectivity index (χ0) is 15.4. The van der Waals surface area contributed by atoms with Crippen LogP contribution >= 0.6 is 11.6 Å². The number of halogens is 1. The van der Waals surface area contributed by atoms with Crippen LogP contribution in [-0.2, 0) is 0 Å². The Hall–Kier alpha value is -2.54. The van der Waals surface area contributed by atoms with Crippen molar-refractivity contribution in [3.8, 4) is 5.75 Å². The van der Waals surface area contributed by atoms with Gasteiger partial charge in [-0.2, -0.15) is 4.98 Å². The summed E-state index contributed by atoms with van der Waals surface area (Å²) in [6, 6.07) is 4.92. The number of nitrogens with one attached hydrogen (secondary N) is 1. The van der Waals surface area contributed by atoms with Gasteiger partial charge in [-0.15, -0.1) is 0 Å². The zero-order valence-electron chi connectivity index (χ0n) is 11.3. The lowest BCUT2D eigenvalue weighted by Crippen LogP contribution is -2.16. The topological polar surface area (TPSA) is 116 Å². The molecule has 21 heavy (non-hydrogen) atoms. The fourth-order valence-corrected chi connectivity index (χ4v) is 1.87. The second-order valence-electron chi connectivity index (χ2n) is 4.06. The first-order valence-corrected chi connectivity index (χ1v) is 6.50. The maximum atomic E-state index is 12.1. The van der Waals surface area contributed by atoms with Crippen LogP contribution in [0.2, 0.25) is 5.02 Å². The molecule has 1 amide bonds. The Morgan fingerprint density at radius 3 is 2.81 bits per heavy atom. The number of hydrogen-bond donors (Lipinski definition) is 3. The molecular weight excluding hydrogens is 294 g/mol. The van der Waals surface area contributed by atoms with E-state index in [4.69, 9.17) is 27.8 Å². The van der Waals surface area contributed by atoms with Crippen molar-refractivity contribution in [3.63, 3.8) is 0 Å². The predicted molar refractivity (Wildman–Crippen MR) is 81.4 cm³/mol. The highest BCUT2D eigenvalue weighted by Crippen LogP contribution is 2.28. The highest BCUT2D eigenvalue weighted by molar-refractivity contribution is 6.32. The van der Waals surface area contributed by atoms with E-state index in [0.717, 1.165) is 0 Å². The van der Waals surface area contributed by atoms with Gasteiger partial charge in [0.05, 0.1) is 11.6 Å². The lowest BCUT2D eigenvalue weighted by molar-refractivity contribution is 0.102. The molecule has 1 heterocycles. The third kappa shape index (κ3) is 3.51. The Bertz CT molecular complexity index is 678. The van der Waals surface area contributed by atoms with Crippen molar-refractivity contribution in [2.24, 2.45) is 0 Å². The largest absolute Gasteiger partial charge is 0.492 e. The number of anilines is 3. The van der Waals surface area contributed by atoms with Crippen molar-refractivity contribution in [2.45, 2.75) is 6.92 Å². The van der Waals surface area contributed by atoms with E-state index in [1.54, 1.807) is 18.2 Å². The number of nitrogens with two attached hydrogens (primary N) is 2. The summed E-state index contributed by atoms with van der Waals surface area (Å²) in [6.45, 7) is 2.36. The van der Waals surface area contributed by atoms with E-state index < -0.39 is 5.91 Å². The highest BCUT2D eigenvalue weighted by Gasteiger charge is 2.13. The molecule has 2 aromatic rings. The first-order chi connectivity index (χ1) is 10.0. The predicted octanol–water partition coefficient (Wildman–Crippen LogP) is 1.95. The van der Waals surface area contributed by atoms with Crippen LogP contribution in [0.5, 0.6) is 5.75 Å². The van der Waals surface area contributed by atoms with Gasteiger partial charge >= 0.3 is 0 Å². The van der Waals surface area contributed by atoms with Gasteiger partial charge in [-0.1, -0.05) is 11.6 Å². The van der Waals surface area contributed by atoms with Gasteiger partial charge in [0.15, 0.2) is 0 Å². The summed E-state index contributed by atoms with van der Waals surface area (Å²) in [5.41, 5.74) is 11.6. The van der Waals surface area contributed by atoms with Crippen LogP contribution in [0.3, 0.4) is 0 Å². The highest BCUT2D eigenvalue weighted by atomic mass is 35.5. The molecule has 0 atom stereocenters. The van der Waals surface area contributed by atoms with Gasteiger partial charge < -0.3 is 21.5 Å². The number of benzene rings is 1. The first kappa shape index (κ1) is 14.9. The minimum absolute atomic E-state index is 0.00756. The summed E-state index contributed by atoms with van der Waals surface area (Å²) >= 11 is 6.05. The standard InChI is InChI=1S/C13H14ClN5O2/c1-2-21-10-4-3-7(5-9(10)14)18-12(20)8-6-17-13(16)19-11(8)15/h3-6H,2H2,1H3,(H,18,20)(H4,15,16,17,19). The third-order valence-corrected chi connectivity index (χ3v) is 2.87. The summed E-state index contributed by atoms with van der Waals surface area (Å²) in [6.07, 6.45) is 1.27. The molecular formula is C13H14ClN5O2. The molecule has 2 rings (SSSR count). The number of carbonyl (C=O) groups is 1. The van der Waals surface area contributed by atoms with Crippen LogP contribution in [0.15, 0.2) is 24.4 Å². The molecule has 1 aromatic carbocycles. The maximum Gasteiger partial charge on any atom is 0.260 e. The Labute approximate surface area is 126 Å². The molecule has 0 unspecified atom stereocenters. The number of nitrogen functional groups attached to an aromatic ring is 2. The smallest absolute Gasteiger partial charge is 0.260 e. The average Bonchev–Trinajstić information content (AvgIpc) is 2.41. The van der Waals surface area contributed by atoms with Gasteiger partial charge in [0.25, 0.3) is 5.91 Å². The Kier molecular flexibility index (Phi) is 4.44. The Balaban J connectivity index is 2.17. The molecule has 0 saturated heterocycles. The number of hydrogen-bond acceptors (Lipinski definition) is 6. The summed E-state index contributed by atoms with van der Waals surface area (Å²) in [4.78, 5) is 19.6. The molecule has 0 spiro atoms. The molecule has 0 saturated carbocycles. The van der Waals surface area contributed by atoms with Crippen molar-refractivity contribution >= 4 is 35.0 Å². The van der Waals surface area contributed by atoms with Crippen LogP contribution in [0, 0.1) is 0 Å². The number of ether oxygens (including phenoxy) is 1. The third-order valence-electron chi connectivity index (χ3n) is 2.57. The quantitative estimate of drug-likeness (QED) is 0.795. The fraction of sp³-hybridized carbons (Fsp3) is 0.154. The van der Waals surface area contributed by atoms with Crippen LogP contribution in [-0.4, -0.2) is 22.5 Å². The lowest BCUT2D eigenvalue weighted by atomic mass is 10.2. The van der Waals surface area contributed by atoms with Gasteiger partial charge in [0.1, 0.15) is 17.1 Å². The lowest BCUT2D eigenvalue weighted by Gasteiger charge is -2.10. The average molecular weight is 308 g/mol. The summed E-state index contributed by atoms with van der Waals surface area (Å²) < 4.78 is 5.31. The Morgan fingerprint density at radius 1 is 1.43 bits per heavy atom. The van der Waals surface area contributed by atoms with E-state index in [-0.39, 0.29) is 17.3 Å². The van der Waals surface area contributed by atoms with Gasteiger partial charge in [-0.25, -0.2) is 4.98 Å². The van der Waals surface area contributed by atoms with E-state index in [1.807, 2.05) is 6.92 Å². The fourth-order valence-electron chi connectivity index (χ4n) is 1.63. The monoisotopic (exact) mass is 307 g/mol. The molecule has 8 heteroatoms. The van der Waals surface area contributed by atoms with Gasteiger partial charge in [-0.3, -0.25) is 4.79 Å². The van der Waals surface area contributed by atoms with Gasteiger partial charge in [0, 0.05) is 11.9 Å². The number of carbonyl (C=O) groups excluding carboxylic acids is 1. The zero-order valence-corrected chi connectivity index (χ0v) is 12.0. The van der Waals surface area contributed by atoms with E-state index >= 15 is 0 Å². The molecule has 0 fully saturated rings. The van der Waals surface area contributed by atoms with Gasteiger partial charge in [-0.05, 0) is 25.1 Å². The first-order valence-electron chi connectivity index (χ1n) is 6.13. The number of rotatable bonds is 4. The van der Waals surface area contributed by atoms with E-state index in [1.165, 1.54) is 6.20 Å². The summed E-state index contributed by atoms with van der Waals surface area (Å²) in [5, 5.41) is 3.05. The van der Waals surface area contributed by atoms with Crippen molar-refractivity contribution in [1.82, 2.24) is 9.97 Å². The van der Waals surface area contributed by atoms with E-state index in [9.17, 15) is 4.79 Å². The van der Waals surface area contributed by atoms with Crippen LogP contribution in [0.1, 0.15) is 17.3 Å². The van der Waals surface area contributed by atoms with Crippen molar-refractivity contribution in [3.05, 3.63) is 35.0 Å². The van der Waals surface area contributed by atoms with Crippen molar-refractivity contribution < 1.29 is 9.53 Å². The minimum Gasteiger partial charge on any atom is -0.492 e. The summed E-state index contributed by atoms with van der Waals surface area (Å²) in [7, 11) is 0. The van der Waals surface area contributed by atoms with Crippen LogP contribution in [0.25, 0.3) is 0 Å². The van der Waals surface area contributed by atoms with Crippen molar-refractivity contribution in [2.75, 3.05) is 23.4 Å². The SMILES string of the molecule is CCOc1ccc(NC(=O)c2cnc(N)nc2N)cc1Cl. The maximum absolute atomic E-state index is 12.1. The molecule has 7 nitrogen and oxygen atoms in total. The molecule has 0 bridgehead atoms. The van der Waals surface area contributed by atoms with Crippen molar-refractivity contribution in [1.29, 1.82) is 0 Å². The number of amides is 1. The van der Waals surface area contributed by atoms with E-state index in [2.05, 4.69) is 15.3 Å². The molecule has 0 radical (unpaired) electrons. The Morgan fingerprint density at radius 2 is 2.19 bits per heavy atom. The molecule has 0 aliphatic carbocycles. The molecule has 1 aromatic heterocycles. The molecule has 0 aliphatic heterocycles. The second kappa shape index (κ2) is 6.27. The van der Waals surface area contributed by atoms with Crippen LogP contribution < -0.4 is 21.5 Å². The summed E-state index contributed by atoms with van der Waals surface area (Å²) in [5.74, 6) is 0.116. The minimum atomic E-state index is -0.451. The normalized spacial score (nSPS) is 10.2. The molecule has 5 N–H and O–H groups in total. The number of nitrogens with zero attached hydrogens (tertiary/aromatic N) is 2. The number of aromatic nitrogens is 2. The molecule has 110 valence electrons.